The van der Waals surface area contributed by atoms with Gasteiger partial charge in [0.05, 0.1) is 6.42 Å². The molecular formula is C29H29BrCl2N2O2. The molecule has 3 aromatic rings. The molecule has 3 aromatic carbocycles. The molecule has 1 aliphatic carbocycles. The van der Waals surface area contributed by atoms with Crippen LogP contribution in [0.15, 0.2) is 77.3 Å². The van der Waals surface area contributed by atoms with Crippen molar-refractivity contribution in [3.05, 3.63) is 104 Å². The smallest absolute Gasteiger partial charge is 0.243 e. The fourth-order valence-corrected chi connectivity index (χ4v) is 5.38. The summed E-state index contributed by atoms with van der Waals surface area (Å²) in [5.74, 6) is -0.275. The van der Waals surface area contributed by atoms with Crippen molar-refractivity contribution in [3.8, 4) is 0 Å². The Morgan fingerprint density at radius 3 is 2.31 bits per heavy atom. The maximum Gasteiger partial charge on any atom is 0.243 e. The van der Waals surface area contributed by atoms with Crippen LogP contribution in [0.25, 0.3) is 0 Å². The number of nitrogens with zero attached hydrogens (tertiary/aromatic N) is 1. The summed E-state index contributed by atoms with van der Waals surface area (Å²) in [5.41, 5.74) is 2.63. The Labute approximate surface area is 231 Å². The molecule has 4 nitrogen and oxygen atoms in total. The fraction of sp³-hybridized carbons (Fsp3) is 0.310. The van der Waals surface area contributed by atoms with E-state index in [1.807, 2.05) is 54.6 Å². The van der Waals surface area contributed by atoms with Crippen molar-refractivity contribution in [2.45, 2.75) is 57.2 Å². The van der Waals surface area contributed by atoms with Gasteiger partial charge in [-0.1, -0.05) is 101 Å². The highest BCUT2D eigenvalue weighted by Gasteiger charge is 2.32. The van der Waals surface area contributed by atoms with Crippen LogP contribution in [0, 0.1) is 0 Å². The van der Waals surface area contributed by atoms with Gasteiger partial charge < -0.3 is 10.2 Å². The lowest BCUT2D eigenvalue weighted by Gasteiger charge is -2.32. The molecule has 0 heterocycles. The number of hydrogen-bond acceptors (Lipinski definition) is 2. The average molecular weight is 588 g/mol. The zero-order valence-electron chi connectivity index (χ0n) is 19.9. The summed E-state index contributed by atoms with van der Waals surface area (Å²) >= 11 is 15.9. The third kappa shape index (κ3) is 7.34. The molecule has 0 bridgehead atoms. The highest BCUT2D eigenvalue weighted by Crippen LogP contribution is 2.24. The van der Waals surface area contributed by atoms with E-state index in [2.05, 4.69) is 21.2 Å². The molecule has 1 saturated carbocycles. The Balaban J connectivity index is 1.66. The molecule has 4 rings (SSSR count). The van der Waals surface area contributed by atoms with Gasteiger partial charge in [-0.2, -0.15) is 0 Å². The van der Waals surface area contributed by atoms with E-state index in [1.165, 1.54) is 0 Å². The minimum atomic E-state index is -0.657. The largest absolute Gasteiger partial charge is 0.352 e. The summed E-state index contributed by atoms with van der Waals surface area (Å²) in [6, 6.07) is 22.3. The summed E-state index contributed by atoms with van der Waals surface area (Å²) in [6.07, 6.45) is 4.69. The standard InChI is InChI=1S/C29H29BrCl2N2O2/c30-23-13-10-21(11-14-23)19-34(28(35)17-22-12-15-24(31)18-26(22)32)27(16-20-6-2-1-3-7-20)29(36)33-25-8-4-5-9-25/h1-3,6-7,10-15,18,25,27H,4-5,8-9,16-17,19H2,(H,33,36). The first kappa shape index (κ1) is 26.7. The van der Waals surface area contributed by atoms with Gasteiger partial charge in [-0.15, -0.1) is 0 Å². The number of carbonyl (C=O) groups is 2. The van der Waals surface area contributed by atoms with Crippen molar-refractivity contribution in [1.82, 2.24) is 10.2 Å². The Morgan fingerprint density at radius 2 is 1.64 bits per heavy atom. The molecule has 0 aliphatic heterocycles. The monoisotopic (exact) mass is 586 g/mol. The summed E-state index contributed by atoms with van der Waals surface area (Å²) in [5, 5.41) is 4.18. The third-order valence-electron chi connectivity index (χ3n) is 6.60. The molecule has 0 spiro atoms. The van der Waals surface area contributed by atoms with Crippen molar-refractivity contribution in [3.63, 3.8) is 0 Å². The van der Waals surface area contributed by atoms with E-state index in [0.717, 1.165) is 41.3 Å². The number of nitrogens with one attached hydrogen (secondary N) is 1. The predicted molar refractivity (Wildman–Crippen MR) is 149 cm³/mol. The SMILES string of the molecule is O=C(NC1CCCC1)C(Cc1ccccc1)N(Cc1ccc(Br)cc1)C(=O)Cc1ccc(Cl)cc1Cl. The molecule has 1 aliphatic rings. The molecular weight excluding hydrogens is 559 g/mol. The lowest BCUT2D eigenvalue weighted by atomic mass is 10.0. The van der Waals surface area contributed by atoms with Crippen LogP contribution in [0.5, 0.6) is 0 Å². The lowest BCUT2D eigenvalue weighted by Crippen LogP contribution is -2.52. The summed E-state index contributed by atoms with van der Waals surface area (Å²) in [7, 11) is 0. The summed E-state index contributed by atoms with van der Waals surface area (Å²) in [4.78, 5) is 29.2. The quantitative estimate of drug-likeness (QED) is 0.293. The average Bonchev–Trinajstić information content (AvgIpc) is 3.38. The molecule has 36 heavy (non-hydrogen) atoms. The van der Waals surface area contributed by atoms with E-state index < -0.39 is 6.04 Å². The van der Waals surface area contributed by atoms with Crippen molar-refractivity contribution in [2.24, 2.45) is 0 Å². The highest BCUT2D eigenvalue weighted by molar-refractivity contribution is 9.10. The summed E-state index contributed by atoms with van der Waals surface area (Å²) in [6.45, 7) is 0.312. The van der Waals surface area contributed by atoms with Gasteiger partial charge in [0.1, 0.15) is 6.04 Å². The van der Waals surface area contributed by atoms with Crippen molar-refractivity contribution < 1.29 is 9.59 Å². The highest BCUT2D eigenvalue weighted by atomic mass is 79.9. The molecule has 1 atom stereocenters. The minimum Gasteiger partial charge on any atom is -0.352 e. The number of carbonyl (C=O) groups excluding carboxylic acids is 2. The van der Waals surface area contributed by atoms with Gasteiger partial charge in [-0.05, 0) is 53.8 Å². The molecule has 1 N–H and O–H groups in total. The van der Waals surface area contributed by atoms with Gasteiger partial charge in [-0.25, -0.2) is 0 Å². The van der Waals surface area contributed by atoms with E-state index >= 15 is 0 Å². The maximum atomic E-state index is 13.8. The van der Waals surface area contributed by atoms with Crippen LogP contribution >= 0.6 is 39.1 Å². The van der Waals surface area contributed by atoms with Crippen LogP contribution in [-0.2, 0) is 29.0 Å². The first-order chi connectivity index (χ1) is 17.4. The fourth-order valence-electron chi connectivity index (χ4n) is 4.64. The Morgan fingerprint density at radius 1 is 0.944 bits per heavy atom. The Hall–Kier alpha value is -2.34. The van der Waals surface area contributed by atoms with Gasteiger partial charge >= 0.3 is 0 Å². The normalized spacial score (nSPS) is 14.4. The number of amides is 2. The molecule has 188 valence electrons. The van der Waals surface area contributed by atoms with Crippen LogP contribution in [0.2, 0.25) is 10.0 Å². The Bertz CT molecular complexity index is 1180. The van der Waals surface area contributed by atoms with E-state index in [-0.39, 0.29) is 24.3 Å². The molecule has 0 radical (unpaired) electrons. The number of halogens is 3. The van der Waals surface area contributed by atoms with Crippen molar-refractivity contribution in [2.75, 3.05) is 0 Å². The first-order valence-electron chi connectivity index (χ1n) is 12.2. The summed E-state index contributed by atoms with van der Waals surface area (Å²) < 4.78 is 0.955. The predicted octanol–water partition coefficient (Wildman–Crippen LogP) is 7.00. The van der Waals surface area contributed by atoms with Crippen LogP contribution in [0.4, 0.5) is 0 Å². The van der Waals surface area contributed by atoms with Gasteiger partial charge in [0, 0.05) is 33.5 Å². The number of hydrogen-bond donors (Lipinski definition) is 1. The van der Waals surface area contributed by atoms with E-state index in [9.17, 15) is 9.59 Å². The zero-order chi connectivity index (χ0) is 25.5. The number of benzene rings is 3. The molecule has 2 amide bonds. The third-order valence-corrected chi connectivity index (χ3v) is 7.71. The lowest BCUT2D eigenvalue weighted by molar-refractivity contribution is -0.141. The van der Waals surface area contributed by atoms with Crippen LogP contribution in [-0.4, -0.2) is 28.8 Å². The molecule has 1 fully saturated rings. The molecule has 1 unspecified atom stereocenters. The van der Waals surface area contributed by atoms with Crippen LogP contribution in [0.1, 0.15) is 42.4 Å². The van der Waals surface area contributed by atoms with Crippen molar-refractivity contribution in [1.29, 1.82) is 0 Å². The van der Waals surface area contributed by atoms with E-state index in [4.69, 9.17) is 23.2 Å². The van der Waals surface area contributed by atoms with Crippen LogP contribution < -0.4 is 5.32 Å². The topological polar surface area (TPSA) is 49.4 Å². The first-order valence-corrected chi connectivity index (χ1v) is 13.8. The van der Waals surface area contributed by atoms with Crippen LogP contribution in [0.3, 0.4) is 0 Å². The van der Waals surface area contributed by atoms with E-state index in [1.54, 1.807) is 23.1 Å². The Kier molecular flexibility index (Phi) is 9.47. The van der Waals surface area contributed by atoms with Gasteiger partial charge in [0.25, 0.3) is 0 Å². The molecule has 0 aromatic heterocycles. The van der Waals surface area contributed by atoms with Gasteiger partial charge in [-0.3, -0.25) is 9.59 Å². The second-order valence-electron chi connectivity index (χ2n) is 9.26. The zero-order valence-corrected chi connectivity index (χ0v) is 23.0. The second-order valence-corrected chi connectivity index (χ2v) is 11.0. The maximum absolute atomic E-state index is 13.8. The van der Waals surface area contributed by atoms with Gasteiger partial charge in [0.2, 0.25) is 11.8 Å². The van der Waals surface area contributed by atoms with Crippen molar-refractivity contribution >= 4 is 50.9 Å². The molecule has 0 saturated heterocycles. The number of rotatable bonds is 9. The van der Waals surface area contributed by atoms with E-state index in [0.29, 0.717) is 28.6 Å². The second kappa shape index (κ2) is 12.8. The van der Waals surface area contributed by atoms with Gasteiger partial charge in [0.15, 0.2) is 0 Å². The molecule has 7 heteroatoms. The minimum absolute atomic E-state index is 0.0779.